The minimum Gasteiger partial charge on any atom is -0.387 e. The number of benzene rings is 2. The van der Waals surface area contributed by atoms with Gasteiger partial charge in [-0.1, -0.05) is 30.3 Å². The molecule has 0 saturated carbocycles. The molecule has 39 heavy (non-hydrogen) atoms. The number of hydrogen-bond acceptors (Lipinski definition) is 10. The van der Waals surface area contributed by atoms with Crippen molar-refractivity contribution in [2.75, 3.05) is 18.5 Å². The van der Waals surface area contributed by atoms with E-state index in [9.17, 15) is 19.5 Å². The van der Waals surface area contributed by atoms with Crippen molar-refractivity contribution in [2.45, 2.75) is 24.0 Å². The second kappa shape index (κ2) is 8.74. The van der Waals surface area contributed by atoms with Gasteiger partial charge in [-0.3, -0.25) is 23.8 Å². The molecule has 3 aliphatic heterocycles. The summed E-state index contributed by atoms with van der Waals surface area (Å²) in [6, 6.07) is 15.1. The van der Waals surface area contributed by atoms with Gasteiger partial charge in [-0.05, 0) is 24.3 Å². The highest BCUT2D eigenvalue weighted by Crippen LogP contribution is 2.46. The summed E-state index contributed by atoms with van der Waals surface area (Å²) in [7, 11) is 0. The van der Waals surface area contributed by atoms with E-state index in [2.05, 4.69) is 20.3 Å². The van der Waals surface area contributed by atoms with Gasteiger partial charge in [-0.25, -0.2) is 15.0 Å². The fraction of sp³-hybridized carbons (Fsp3) is 0.231. The number of nitrogens with zero attached hydrogens (tertiary/aromatic N) is 5. The number of rotatable bonds is 6. The first kappa shape index (κ1) is 23.5. The van der Waals surface area contributed by atoms with Crippen LogP contribution in [0.1, 0.15) is 37.3 Å². The van der Waals surface area contributed by atoms with Crippen LogP contribution in [0.3, 0.4) is 0 Å². The van der Waals surface area contributed by atoms with E-state index in [-0.39, 0.29) is 36.1 Å². The maximum Gasteiger partial charge on any atom is 0.285 e. The van der Waals surface area contributed by atoms with E-state index in [1.807, 2.05) is 6.07 Å². The predicted molar refractivity (Wildman–Crippen MR) is 131 cm³/mol. The summed E-state index contributed by atoms with van der Waals surface area (Å²) in [5.74, 6) is -1.33. The molecule has 7 rings (SSSR count). The molecule has 3 amide bonds. The highest BCUT2D eigenvalue weighted by Gasteiger charge is 2.62. The first-order chi connectivity index (χ1) is 19.0. The number of aliphatic hydroxyl groups excluding tert-OH is 1. The third-order valence-corrected chi connectivity index (χ3v) is 7.10. The van der Waals surface area contributed by atoms with Crippen molar-refractivity contribution >= 4 is 34.7 Å². The van der Waals surface area contributed by atoms with Crippen molar-refractivity contribution in [3.05, 3.63) is 83.9 Å². The zero-order valence-electron chi connectivity index (χ0n) is 20.1. The molecule has 4 aromatic rings. The third kappa shape index (κ3) is 3.55. The molecule has 2 bridgehead atoms. The maximum absolute atomic E-state index is 12.7. The summed E-state index contributed by atoms with van der Waals surface area (Å²) in [4.78, 5) is 56.5. The van der Waals surface area contributed by atoms with Crippen molar-refractivity contribution in [1.29, 1.82) is 0 Å². The van der Waals surface area contributed by atoms with E-state index in [0.717, 1.165) is 0 Å². The van der Waals surface area contributed by atoms with Crippen molar-refractivity contribution in [3.8, 4) is 0 Å². The topological polar surface area (TPSA) is 158 Å². The lowest BCUT2D eigenvalue weighted by Crippen LogP contribution is -2.47. The van der Waals surface area contributed by atoms with E-state index in [4.69, 9.17) is 14.3 Å². The van der Waals surface area contributed by atoms with Gasteiger partial charge < -0.3 is 19.9 Å². The molecular formula is C26H20N6O7. The first-order valence-electron chi connectivity index (χ1n) is 12.1. The molecule has 3 aliphatic rings. The highest BCUT2D eigenvalue weighted by molar-refractivity contribution is 6.20. The molecule has 2 aromatic carbocycles. The molecule has 13 nitrogen and oxygen atoms in total. The molecule has 5 heterocycles. The molecule has 13 heteroatoms. The van der Waals surface area contributed by atoms with Crippen LogP contribution in [0.2, 0.25) is 0 Å². The van der Waals surface area contributed by atoms with E-state index >= 15 is 0 Å². The van der Waals surface area contributed by atoms with Gasteiger partial charge in [-0.2, -0.15) is 0 Å². The Morgan fingerprint density at radius 2 is 1.77 bits per heavy atom. The number of hydrogen-bond donors (Lipinski definition) is 2. The van der Waals surface area contributed by atoms with Crippen LogP contribution in [0, 0.1) is 0 Å². The molecule has 0 spiro atoms. The van der Waals surface area contributed by atoms with Gasteiger partial charge in [0.2, 0.25) is 0 Å². The number of anilines is 1. The Labute approximate surface area is 219 Å². The zero-order chi connectivity index (χ0) is 26.7. The van der Waals surface area contributed by atoms with Crippen LogP contribution in [0.4, 0.5) is 5.82 Å². The van der Waals surface area contributed by atoms with Gasteiger partial charge in [0, 0.05) is 5.56 Å². The minimum absolute atomic E-state index is 0.0154. The van der Waals surface area contributed by atoms with Crippen LogP contribution in [0.15, 0.2) is 67.3 Å². The standard InChI is InChI=1S/C26H20N6O7/c33-19-18-25(31-13-29-17-20(27-12-28-21(17)31)30-22(34)14-6-2-1-3-7-14)39-26(19,10-37-18)11-38-32-23(35)15-8-4-5-9-16(15)24(32)36/h1-9,12-13,18-19,25,33H,10-11H2,(H,27,28,30,34)/t18-,19?,25+,26+/m0/s1. The van der Waals surface area contributed by atoms with Crippen LogP contribution in [0.5, 0.6) is 0 Å². The van der Waals surface area contributed by atoms with Gasteiger partial charge in [0.15, 0.2) is 23.2 Å². The molecule has 0 radical (unpaired) electrons. The number of carbonyl (C=O) groups excluding carboxylic acids is 3. The fourth-order valence-electron chi connectivity index (χ4n) is 5.10. The smallest absolute Gasteiger partial charge is 0.285 e. The van der Waals surface area contributed by atoms with E-state index in [1.54, 1.807) is 53.1 Å². The van der Waals surface area contributed by atoms with Gasteiger partial charge in [0.1, 0.15) is 30.7 Å². The number of carbonyl (C=O) groups is 3. The summed E-state index contributed by atoms with van der Waals surface area (Å²) < 4.78 is 13.6. The van der Waals surface area contributed by atoms with Crippen LogP contribution < -0.4 is 5.32 Å². The van der Waals surface area contributed by atoms with Gasteiger partial charge in [0.05, 0.1) is 24.1 Å². The van der Waals surface area contributed by atoms with Crippen molar-refractivity contribution in [3.63, 3.8) is 0 Å². The Balaban J connectivity index is 1.12. The Bertz CT molecular complexity index is 1610. The lowest BCUT2D eigenvalue weighted by atomic mass is 10.0. The summed E-state index contributed by atoms with van der Waals surface area (Å²) in [6.07, 6.45) is -0.0402. The van der Waals surface area contributed by atoms with E-state index in [1.165, 1.54) is 12.7 Å². The second-order valence-corrected chi connectivity index (χ2v) is 9.38. The fourth-order valence-corrected chi connectivity index (χ4v) is 5.10. The molecule has 4 atom stereocenters. The molecule has 2 aromatic heterocycles. The molecular weight excluding hydrogens is 508 g/mol. The van der Waals surface area contributed by atoms with Crippen LogP contribution in [-0.4, -0.2) is 78.4 Å². The minimum atomic E-state index is -1.35. The number of imide groups is 1. The summed E-state index contributed by atoms with van der Waals surface area (Å²) in [5.41, 5.74) is 0.254. The Morgan fingerprint density at radius 1 is 1.05 bits per heavy atom. The number of aliphatic hydroxyl groups is 1. The first-order valence-corrected chi connectivity index (χ1v) is 12.1. The Kier molecular flexibility index (Phi) is 5.28. The average molecular weight is 528 g/mol. The number of hydroxylamine groups is 2. The van der Waals surface area contributed by atoms with Crippen LogP contribution in [0.25, 0.3) is 11.2 Å². The largest absolute Gasteiger partial charge is 0.387 e. The highest BCUT2D eigenvalue weighted by atomic mass is 16.7. The van der Waals surface area contributed by atoms with Crippen molar-refractivity contribution < 1.29 is 33.8 Å². The van der Waals surface area contributed by atoms with E-state index < -0.39 is 35.9 Å². The van der Waals surface area contributed by atoms with Gasteiger partial charge in [0.25, 0.3) is 17.7 Å². The van der Waals surface area contributed by atoms with Gasteiger partial charge >= 0.3 is 0 Å². The molecule has 2 saturated heterocycles. The Morgan fingerprint density at radius 3 is 2.51 bits per heavy atom. The number of fused-ring (bicyclic) bond motifs is 4. The number of nitrogens with one attached hydrogen (secondary N) is 1. The normalized spacial score (nSPS) is 25.5. The van der Waals surface area contributed by atoms with Crippen LogP contribution >= 0.6 is 0 Å². The number of ether oxygens (including phenoxy) is 2. The molecule has 1 unspecified atom stereocenters. The number of imidazole rings is 1. The monoisotopic (exact) mass is 528 g/mol. The molecule has 196 valence electrons. The Hall–Kier alpha value is -4.56. The van der Waals surface area contributed by atoms with Gasteiger partial charge in [-0.15, -0.1) is 5.06 Å². The lowest BCUT2D eigenvalue weighted by Gasteiger charge is -2.31. The average Bonchev–Trinajstić information content (AvgIpc) is 3.68. The maximum atomic E-state index is 12.7. The van der Waals surface area contributed by atoms with E-state index in [0.29, 0.717) is 21.8 Å². The predicted octanol–water partition coefficient (Wildman–Crippen LogP) is 1.33. The van der Waals surface area contributed by atoms with Crippen molar-refractivity contribution in [2.24, 2.45) is 0 Å². The third-order valence-electron chi connectivity index (χ3n) is 7.10. The summed E-state index contributed by atoms with van der Waals surface area (Å²) in [6.45, 7) is -0.328. The quantitative estimate of drug-likeness (QED) is 0.350. The molecule has 2 fully saturated rings. The summed E-state index contributed by atoms with van der Waals surface area (Å²) >= 11 is 0. The van der Waals surface area contributed by atoms with Crippen LogP contribution in [-0.2, 0) is 14.3 Å². The lowest BCUT2D eigenvalue weighted by molar-refractivity contribution is -0.217. The summed E-state index contributed by atoms with van der Waals surface area (Å²) in [5, 5.41) is 14.5. The second-order valence-electron chi connectivity index (χ2n) is 9.38. The SMILES string of the molecule is O=C(Nc1ncnc2c1ncn2[C@@H]1O[C@@]2(CON3C(=O)c4ccccc4C3=O)CO[C@H]1C2O)c1ccccc1. The number of aromatic nitrogens is 4. The number of amides is 3. The molecule has 2 N–H and O–H groups in total. The van der Waals surface area contributed by atoms with Crippen molar-refractivity contribution in [1.82, 2.24) is 24.6 Å². The molecule has 0 aliphatic carbocycles. The zero-order valence-corrected chi connectivity index (χ0v) is 20.1.